The molecule has 0 radical (unpaired) electrons. The third-order valence-corrected chi connectivity index (χ3v) is 3.26. The first-order chi connectivity index (χ1) is 8.66. The molecule has 0 aliphatic carbocycles. The number of rotatable bonds is 3. The molecule has 0 saturated carbocycles. The molecule has 4 nitrogen and oxygen atoms in total. The molecule has 1 unspecified atom stereocenters. The van der Waals surface area contributed by atoms with E-state index in [2.05, 4.69) is 5.32 Å². The molecule has 1 aliphatic heterocycles. The molecule has 1 aliphatic rings. The SMILES string of the molecule is Cc1cccc(N)c1NC(=O)CC1CCCCO1. The zero-order valence-electron chi connectivity index (χ0n) is 10.7. The van der Waals surface area contributed by atoms with Crippen LogP contribution in [0.3, 0.4) is 0 Å². The molecule has 2 rings (SSSR count). The average Bonchev–Trinajstić information content (AvgIpc) is 2.35. The number of benzene rings is 1. The lowest BCUT2D eigenvalue weighted by Crippen LogP contribution is -2.26. The van der Waals surface area contributed by atoms with E-state index in [-0.39, 0.29) is 12.0 Å². The average molecular weight is 248 g/mol. The highest BCUT2D eigenvalue weighted by atomic mass is 16.5. The molecule has 1 aromatic carbocycles. The van der Waals surface area contributed by atoms with Gasteiger partial charge in [-0.3, -0.25) is 4.79 Å². The van der Waals surface area contributed by atoms with Crippen molar-refractivity contribution in [3.05, 3.63) is 23.8 Å². The number of nitrogens with one attached hydrogen (secondary N) is 1. The van der Waals surface area contributed by atoms with Crippen LogP contribution < -0.4 is 11.1 Å². The molecule has 3 N–H and O–H groups in total. The smallest absolute Gasteiger partial charge is 0.227 e. The second-order valence-corrected chi connectivity index (χ2v) is 4.78. The number of aryl methyl sites for hydroxylation is 1. The predicted octanol–water partition coefficient (Wildman–Crippen LogP) is 2.47. The molecule has 98 valence electrons. The molecule has 1 aromatic rings. The second-order valence-electron chi connectivity index (χ2n) is 4.78. The number of carbonyl (C=O) groups is 1. The van der Waals surface area contributed by atoms with E-state index in [1.54, 1.807) is 6.07 Å². The topological polar surface area (TPSA) is 64.3 Å². The van der Waals surface area contributed by atoms with Crippen molar-refractivity contribution in [3.63, 3.8) is 0 Å². The maximum Gasteiger partial charge on any atom is 0.227 e. The molecule has 0 spiro atoms. The van der Waals surface area contributed by atoms with Gasteiger partial charge in [0.1, 0.15) is 0 Å². The van der Waals surface area contributed by atoms with Gasteiger partial charge in [0.15, 0.2) is 0 Å². The summed E-state index contributed by atoms with van der Waals surface area (Å²) in [7, 11) is 0. The van der Waals surface area contributed by atoms with Gasteiger partial charge in [-0.25, -0.2) is 0 Å². The Morgan fingerprint density at radius 1 is 1.50 bits per heavy atom. The molecule has 18 heavy (non-hydrogen) atoms. The number of nitrogen functional groups attached to an aromatic ring is 1. The van der Waals surface area contributed by atoms with Crippen molar-refractivity contribution >= 4 is 17.3 Å². The van der Waals surface area contributed by atoms with Gasteiger partial charge in [-0.15, -0.1) is 0 Å². The van der Waals surface area contributed by atoms with Crippen LogP contribution in [0.25, 0.3) is 0 Å². The van der Waals surface area contributed by atoms with Gasteiger partial charge >= 0.3 is 0 Å². The van der Waals surface area contributed by atoms with Gasteiger partial charge < -0.3 is 15.8 Å². The van der Waals surface area contributed by atoms with Crippen molar-refractivity contribution in [2.75, 3.05) is 17.7 Å². The summed E-state index contributed by atoms with van der Waals surface area (Å²) in [5.41, 5.74) is 8.16. The summed E-state index contributed by atoms with van der Waals surface area (Å²) < 4.78 is 5.55. The maximum absolute atomic E-state index is 11.9. The minimum atomic E-state index is -0.0251. The Morgan fingerprint density at radius 2 is 2.33 bits per heavy atom. The molecular formula is C14H20N2O2. The largest absolute Gasteiger partial charge is 0.397 e. The van der Waals surface area contributed by atoms with Crippen LogP contribution >= 0.6 is 0 Å². The highest BCUT2D eigenvalue weighted by molar-refractivity contribution is 5.95. The van der Waals surface area contributed by atoms with Crippen molar-refractivity contribution < 1.29 is 9.53 Å². The lowest BCUT2D eigenvalue weighted by molar-refractivity contribution is -0.119. The third kappa shape index (κ3) is 3.23. The van der Waals surface area contributed by atoms with E-state index in [0.29, 0.717) is 12.1 Å². The normalized spacial score (nSPS) is 19.5. The number of anilines is 2. The number of nitrogens with two attached hydrogens (primary N) is 1. The zero-order valence-corrected chi connectivity index (χ0v) is 10.7. The van der Waals surface area contributed by atoms with Crippen LogP contribution in [0.5, 0.6) is 0 Å². The number of hydrogen-bond acceptors (Lipinski definition) is 3. The summed E-state index contributed by atoms with van der Waals surface area (Å²) in [5, 5.41) is 2.88. The van der Waals surface area contributed by atoms with Crippen molar-refractivity contribution in [1.82, 2.24) is 0 Å². The summed E-state index contributed by atoms with van der Waals surface area (Å²) in [6.07, 6.45) is 3.68. The van der Waals surface area contributed by atoms with Crippen LogP contribution in [0.4, 0.5) is 11.4 Å². The van der Waals surface area contributed by atoms with Crippen LogP contribution in [-0.4, -0.2) is 18.6 Å². The summed E-state index contributed by atoms with van der Waals surface area (Å²) >= 11 is 0. The summed E-state index contributed by atoms with van der Waals surface area (Å²) in [6.45, 7) is 2.70. The van der Waals surface area contributed by atoms with Crippen LogP contribution in [0.15, 0.2) is 18.2 Å². The Kier molecular flexibility index (Phi) is 4.20. The molecule has 0 aromatic heterocycles. The second kappa shape index (κ2) is 5.87. The maximum atomic E-state index is 11.9. The van der Waals surface area contributed by atoms with Gasteiger partial charge in [-0.05, 0) is 37.8 Å². The highest BCUT2D eigenvalue weighted by Gasteiger charge is 2.18. The number of carbonyl (C=O) groups excluding carboxylic acids is 1. The third-order valence-electron chi connectivity index (χ3n) is 3.26. The van der Waals surface area contributed by atoms with Gasteiger partial charge in [0.25, 0.3) is 0 Å². The van der Waals surface area contributed by atoms with Gasteiger partial charge in [0.2, 0.25) is 5.91 Å². The Balaban J connectivity index is 1.94. The molecule has 1 heterocycles. The molecule has 1 amide bonds. The molecule has 1 saturated heterocycles. The Morgan fingerprint density at radius 3 is 3.00 bits per heavy atom. The van der Waals surface area contributed by atoms with Gasteiger partial charge in [-0.2, -0.15) is 0 Å². The van der Waals surface area contributed by atoms with E-state index in [4.69, 9.17) is 10.5 Å². The van der Waals surface area contributed by atoms with Crippen molar-refractivity contribution in [2.45, 2.75) is 38.7 Å². The van der Waals surface area contributed by atoms with Gasteiger partial charge in [0, 0.05) is 6.61 Å². The fourth-order valence-electron chi connectivity index (χ4n) is 2.23. The van der Waals surface area contributed by atoms with E-state index in [1.807, 2.05) is 19.1 Å². The van der Waals surface area contributed by atoms with Crippen LogP contribution in [-0.2, 0) is 9.53 Å². The van der Waals surface area contributed by atoms with Crippen molar-refractivity contribution in [1.29, 1.82) is 0 Å². The fourth-order valence-corrected chi connectivity index (χ4v) is 2.23. The minimum absolute atomic E-state index is 0.0251. The molecule has 1 fully saturated rings. The Hall–Kier alpha value is -1.55. The van der Waals surface area contributed by atoms with E-state index in [9.17, 15) is 4.79 Å². The number of amides is 1. The van der Waals surface area contributed by atoms with Crippen LogP contribution in [0, 0.1) is 6.92 Å². The van der Waals surface area contributed by atoms with Crippen LogP contribution in [0.1, 0.15) is 31.2 Å². The zero-order chi connectivity index (χ0) is 13.0. The molecule has 1 atom stereocenters. The Bertz CT molecular complexity index is 406. The summed E-state index contributed by atoms with van der Waals surface area (Å²) in [6, 6.07) is 5.60. The molecular weight excluding hydrogens is 228 g/mol. The van der Waals surface area contributed by atoms with Crippen molar-refractivity contribution in [2.24, 2.45) is 0 Å². The number of para-hydroxylation sites is 1. The quantitative estimate of drug-likeness (QED) is 0.808. The predicted molar refractivity (Wildman–Crippen MR) is 72.4 cm³/mol. The lowest BCUT2D eigenvalue weighted by Gasteiger charge is -2.22. The van der Waals surface area contributed by atoms with Crippen LogP contribution in [0.2, 0.25) is 0 Å². The fraction of sp³-hybridized carbons (Fsp3) is 0.500. The Labute approximate surface area is 108 Å². The van der Waals surface area contributed by atoms with Gasteiger partial charge in [-0.1, -0.05) is 12.1 Å². The van der Waals surface area contributed by atoms with Gasteiger partial charge in [0.05, 0.1) is 23.9 Å². The minimum Gasteiger partial charge on any atom is -0.397 e. The summed E-state index contributed by atoms with van der Waals surface area (Å²) in [5.74, 6) is -0.0251. The number of ether oxygens (including phenoxy) is 1. The lowest BCUT2D eigenvalue weighted by atomic mass is 10.1. The van der Waals surface area contributed by atoms with E-state index < -0.39 is 0 Å². The molecule has 0 bridgehead atoms. The first kappa shape index (κ1) is 12.9. The standard InChI is InChI=1S/C14H20N2O2/c1-10-5-4-7-12(15)14(10)16-13(17)9-11-6-2-3-8-18-11/h4-5,7,11H,2-3,6,8-9,15H2,1H3,(H,16,17). The van der Waals surface area contributed by atoms with E-state index in [0.717, 1.165) is 37.1 Å². The summed E-state index contributed by atoms with van der Waals surface area (Å²) in [4.78, 5) is 11.9. The number of hydrogen-bond donors (Lipinski definition) is 2. The van der Waals surface area contributed by atoms with E-state index in [1.165, 1.54) is 0 Å². The monoisotopic (exact) mass is 248 g/mol. The highest BCUT2D eigenvalue weighted by Crippen LogP contribution is 2.23. The van der Waals surface area contributed by atoms with E-state index >= 15 is 0 Å². The first-order valence-corrected chi connectivity index (χ1v) is 6.43. The van der Waals surface area contributed by atoms with Crippen molar-refractivity contribution in [3.8, 4) is 0 Å². The molecule has 4 heteroatoms. The first-order valence-electron chi connectivity index (χ1n) is 6.43.